The summed E-state index contributed by atoms with van der Waals surface area (Å²) < 4.78 is 37.0. The van der Waals surface area contributed by atoms with Gasteiger partial charge in [0.15, 0.2) is 0 Å². The SMILES string of the molecule is N=C=C1CC(c2ccc(C(F)(F)F)cc2)O[N+]1=O. The highest BCUT2D eigenvalue weighted by molar-refractivity contribution is 5.51. The fraction of sp³-hybridized carbons (Fsp3) is 0.273. The molecule has 4 nitrogen and oxygen atoms in total. The molecule has 0 aliphatic carbocycles. The van der Waals surface area contributed by atoms with Crippen molar-refractivity contribution in [2.75, 3.05) is 0 Å². The molecule has 0 saturated carbocycles. The predicted octanol–water partition coefficient (Wildman–Crippen LogP) is 2.99. The fourth-order valence-corrected chi connectivity index (χ4v) is 1.63. The molecule has 94 valence electrons. The molecule has 1 heterocycles. The van der Waals surface area contributed by atoms with Crippen LogP contribution in [0.2, 0.25) is 0 Å². The van der Waals surface area contributed by atoms with Gasteiger partial charge in [0.05, 0.1) is 16.3 Å². The Morgan fingerprint density at radius 1 is 1.33 bits per heavy atom. The second-order valence-electron chi connectivity index (χ2n) is 3.75. The molecule has 0 spiro atoms. The lowest BCUT2D eigenvalue weighted by Crippen LogP contribution is -2.05. The predicted molar refractivity (Wildman–Crippen MR) is 54.8 cm³/mol. The first-order valence-corrected chi connectivity index (χ1v) is 5.01. The fourth-order valence-electron chi connectivity index (χ4n) is 1.63. The Labute approximate surface area is 99.7 Å². The smallest absolute Gasteiger partial charge is 0.253 e. The largest absolute Gasteiger partial charge is 0.416 e. The molecule has 1 fully saturated rings. The summed E-state index contributed by atoms with van der Waals surface area (Å²) in [4.78, 5) is 16.1. The zero-order valence-electron chi connectivity index (χ0n) is 8.99. The highest BCUT2D eigenvalue weighted by Gasteiger charge is 2.40. The minimum atomic E-state index is -4.39. The van der Waals surface area contributed by atoms with Gasteiger partial charge in [-0.05, 0) is 12.1 Å². The number of benzene rings is 1. The van der Waals surface area contributed by atoms with Gasteiger partial charge < -0.3 is 0 Å². The summed E-state index contributed by atoms with van der Waals surface area (Å²) in [5, 5.41) is 6.84. The van der Waals surface area contributed by atoms with Crippen LogP contribution in [0.5, 0.6) is 0 Å². The Morgan fingerprint density at radius 3 is 2.39 bits per heavy atom. The number of nitrogens with zero attached hydrogens (tertiary/aromatic N) is 1. The highest BCUT2D eigenvalue weighted by atomic mass is 19.4. The van der Waals surface area contributed by atoms with Crippen molar-refractivity contribution in [3.8, 4) is 0 Å². The Hall–Kier alpha value is -2.14. The average molecular weight is 257 g/mol. The molecule has 0 bridgehead atoms. The molecule has 0 amide bonds. The first-order chi connectivity index (χ1) is 8.41. The van der Waals surface area contributed by atoms with Crippen molar-refractivity contribution in [3.05, 3.63) is 46.0 Å². The van der Waals surface area contributed by atoms with Crippen LogP contribution in [0.25, 0.3) is 0 Å². The average Bonchev–Trinajstić information content (AvgIpc) is 2.69. The van der Waals surface area contributed by atoms with Gasteiger partial charge in [0.1, 0.15) is 6.42 Å². The maximum absolute atomic E-state index is 12.3. The van der Waals surface area contributed by atoms with Crippen LogP contribution in [-0.4, -0.2) is 10.8 Å². The molecule has 1 aromatic carbocycles. The topological polar surface area (TPSA) is 53.2 Å². The first kappa shape index (κ1) is 12.3. The van der Waals surface area contributed by atoms with Gasteiger partial charge in [0.2, 0.25) is 6.10 Å². The monoisotopic (exact) mass is 257 g/mol. The minimum absolute atomic E-state index is 0.0138. The first-order valence-electron chi connectivity index (χ1n) is 5.01. The number of hydrogen-bond acceptors (Lipinski definition) is 3. The molecule has 1 saturated heterocycles. The lowest BCUT2D eigenvalue weighted by molar-refractivity contribution is -0.758. The Kier molecular flexibility index (Phi) is 2.92. The minimum Gasteiger partial charge on any atom is -0.253 e. The van der Waals surface area contributed by atoms with Gasteiger partial charge in [-0.2, -0.15) is 13.2 Å². The van der Waals surface area contributed by atoms with Crippen molar-refractivity contribution >= 4 is 5.87 Å². The van der Waals surface area contributed by atoms with Gasteiger partial charge in [-0.3, -0.25) is 5.41 Å². The van der Waals surface area contributed by atoms with Gasteiger partial charge in [0, 0.05) is 5.56 Å². The number of alkyl halides is 3. The van der Waals surface area contributed by atoms with Crippen LogP contribution < -0.4 is 0 Å². The zero-order chi connectivity index (χ0) is 13.3. The zero-order valence-corrected chi connectivity index (χ0v) is 8.99. The van der Waals surface area contributed by atoms with Crippen molar-refractivity contribution in [1.29, 1.82) is 5.41 Å². The van der Waals surface area contributed by atoms with E-state index in [-0.39, 0.29) is 17.0 Å². The molecule has 1 aliphatic rings. The van der Waals surface area contributed by atoms with Gasteiger partial charge in [0.25, 0.3) is 4.92 Å². The van der Waals surface area contributed by atoms with E-state index in [2.05, 4.69) is 0 Å². The van der Waals surface area contributed by atoms with Crippen molar-refractivity contribution in [2.24, 2.45) is 0 Å². The van der Waals surface area contributed by atoms with Gasteiger partial charge >= 0.3 is 11.9 Å². The van der Waals surface area contributed by atoms with E-state index >= 15 is 0 Å². The summed E-state index contributed by atoms with van der Waals surface area (Å²) in [5.41, 5.74) is -0.292. The summed E-state index contributed by atoms with van der Waals surface area (Å²) in [5.74, 6) is 1.92. The standard InChI is InChI=1S/C11H8F3N2O2/c12-11(13,14)8-3-1-7(2-4-8)10-5-9(6-15)16(17)18-10/h1-4,10,15H,5H2/q+1. The van der Waals surface area contributed by atoms with E-state index in [0.717, 1.165) is 12.1 Å². The summed E-state index contributed by atoms with van der Waals surface area (Å²) in [6.45, 7) is 0. The molecule has 0 radical (unpaired) electrons. The highest BCUT2D eigenvalue weighted by Crippen LogP contribution is 2.34. The molecule has 0 aromatic heterocycles. The maximum Gasteiger partial charge on any atom is 0.416 e. The lowest BCUT2D eigenvalue weighted by atomic mass is 10.0. The third-order valence-corrected chi connectivity index (χ3v) is 2.58. The van der Waals surface area contributed by atoms with E-state index in [1.807, 2.05) is 5.87 Å². The van der Waals surface area contributed by atoms with Gasteiger partial charge in [-0.25, -0.2) is 4.84 Å². The third kappa shape index (κ3) is 2.26. The number of nitrogens with one attached hydrogen (secondary N) is 1. The molecule has 1 aromatic rings. The van der Waals surface area contributed by atoms with Crippen molar-refractivity contribution in [3.63, 3.8) is 0 Å². The van der Waals surface area contributed by atoms with Crippen LogP contribution in [0.4, 0.5) is 13.2 Å². The lowest BCUT2D eigenvalue weighted by Gasteiger charge is -2.08. The van der Waals surface area contributed by atoms with Gasteiger partial charge in [-0.15, -0.1) is 0 Å². The van der Waals surface area contributed by atoms with Crippen LogP contribution in [0.1, 0.15) is 23.7 Å². The van der Waals surface area contributed by atoms with Crippen LogP contribution in [0, 0.1) is 10.3 Å². The van der Waals surface area contributed by atoms with E-state index in [9.17, 15) is 18.1 Å². The van der Waals surface area contributed by atoms with E-state index < -0.39 is 17.8 Å². The normalized spacial score (nSPS) is 19.6. The second-order valence-corrected chi connectivity index (χ2v) is 3.75. The van der Waals surface area contributed by atoms with Crippen LogP contribution >= 0.6 is 0 Å². The maximum atomic E-state index is 12.3. The molecular weight excluding hydrogens is 249 g/mol. The van der Waals surface area contributed by atoms with Crippen molar-refractivity contribution in [2.45, 2.75) is 18.7 Å². The van der Waals surface area contributed by atoms with E-state index in [1.54, 1.807) is 0 Å². The van der Waals surface area contributed by atoms with Gasteiger partial charge in [-0.1, -0.05) is 12.1 Å². The summed E-state index contributed by atoms with van der Waals surface area (Å²) >= 11 is 0. The Balaban J connectivity index is 2.22. The quantitative estimate of drug-likeness (QED) is 0.786. The summed E-state index contributed by atoms with van der Waals surface area (Å²) in [6, 6.07) is 4.38. The molecular formula is C11H8F3N2O2+. The summed E-state index contributed by atoms with van der Waals surface area (Å²) in [6.07, 6.45) is -4.93. The van der Waals surface area contributed by atoms with Crippen molar-refractivity contribution < 1.29 is 22.9 Å². The number of rotatable bonds is 1. The Bertz CT molecular complexity index is 530. The molecule has 1 atom stereocenters. The third-order valence-electron chi connectivity index (χ3n) is 2.58. The van der Waals surface area contributed by atoms with Crippen molar-refractivity contribution in [1.82, 2.24) is 0 Å². The van der Waals surface area contributed by atoms with E-state index in [1.165, 1.54) is 12.1 Å². The molecule has 1 unspecified atom stereocenters. The Morgan fingerprint density at radius 2 is 1.94 bits per heavy atom. The van der Waals surface area contributed by atoms with Crippen LogP contribution in [0.3, 0.4) is 0 Å². The molecule has 2 rings (SSSR count). The number of hydrogen-bond donors (Lipinski definition) is 1. The molecule has 7 heteroatoms. The van der Waals surface area contributed by atoms with E-state index in [0.29, 0.717) is 5.56 Å². The number of halogens is 3. The molecule has 1 aliphatic heterocycles. The summed E-state index contributed by atoms with van der Waals surface area (Å²) in [7, 11) is 0. The second kappa shape index (κ2) is 4.27. The van der Waals surface area contributed by atoms with Crippen LogP contribution in [0.15, 0.2) is 30.0 Å². The molecule has 1 N–H and O–H groups in total. The van der Waals surface area contributed by atoms with E-state index in [4.69, 9.17) is 10.2 Å². The van der Waals surface area contributed by atoms with Crippen LogP contribution in [-0.2, 0) is 11.0 Å². The molecule has 18 heavy (non-hydrogen) atoms.